The molecule has 1 aliphatic heterocycles. The van der Waals surface area contributed by atoms with Crippen LogP contribution >= 0.6 is 0 Å². The van der Waals surface area contributed by atoms with Gasteiger partial charge in [-0.1, -0.05) is 20.8 Å². The largest absolute Gasteiger partial charge is 0.457 e. The number of ether oxygens (including phenoxy) is 2. The number of carbonyl (C=O) groups is 1. The minimum Gasteiger partial charge on any atom is -0.457 e. The first-order valence-corrected chi connectivity index (χ1v) is 11.5. The molecule has 35 heavy (non-hydrogen) atoms. The summed E-state index contributed by atoms with van der Waals surface area (Å²) < 4.78 is 15.2. The fraction of sp³-hybridized carbons (Fsp3) is 0.375. The molecule has 4 aromatic heterocycles. The van der Waals surface area contributed by atoms with E-state index < -0.39 is 0 Å². The monoisotopic (exact) mass is 476 g/mol. The molecule has 5 heterocycles. The molecule has 1 aliphatic rings. The van der Waals surface area contributed by atoms with E-state index in [1.165, 1.54) is 6.92 Å². The Morgan fingerprint density at radius 1 is 1.14 bits per heavy atom. The van der Waals surface area contributed by atoms with Gasteiger partial charge in [0.1, 0.15) is 17.3 Å². The second kappa shape index (κ2) is 8.99. The standard InChI is InChI=1S/C24H28N8O3/c1-15(33)26-20-11-17(5-8-25-20)35-18-6-9-31-22(12-18)28-23(30-31)27-21-13-19(24(2,3)4)32(29-21)16-7-10-34-14-16/h5-6,8-9,11-13,16H,7,10,14H2,1-4H3,(H,25,26,33)(H,27,29,30)/t16-/m0/s1. The first-order chi connectivity index (χ1) is 16.7. The third-order valence-corrected chi connectivity index (χ3v) is 5.58. The summed E-state index contributed by atoms with van der Waals surface area (Å²) in [7, 11) is 0. The molecule has 182 valence electrons. The molecule has 4 aromatic rings. The summed E-state index contributed by atoms with van der Waals surface area (Å²) in [5, 5.41) is 15.2. The van der Waals surface area contributed by atoms with Gasteiger partial charge in [0, 0.05) is 55.2 Å². The highest BCUT2D eigenvalue weighted by molar-refractivity contribution is 5.87. The summed E-state index contributed by atoms with van der Waals surface area (Å²) in [5.74, 6) is 2.47. The summed E-state index contributed by atoms with van der Waals surface area (Å²) in [6.45, 7) is 9.37. The third kappa shape index (κ3) is 5.09. The molecule has 0 bridgehead atoms. The molecule has 2 N–H and O–H groups in total. The van der Waals surface area contributed by atoms with E-state index >= 15 is 0 Å². The number of carbonyl (C=O) groups excluding carboxylic acids is 1. The fourth-order valence-electron chi connectivity index (χ4n) is 3.96. The molecule has 11 heteroatoms. The zero-order chi connectivity index (χ0) is 24.6. The Morgan fingerprint density at radius 2 is 1.97 bits per heavy atom. The molecule has 0 aliphatic carbocycles. The minimum absolute atomic E-state index is 0.0686. The van der Waals surface area contributed by atoms with E-state index in [1.54, 1.807) is 41.2 Å². The third-order valence-electron chi connectivity index (χ3n) is 5.58. The average molecular weight is 477 g/mol. The van der Waals surface area contributed by atoms with E-state index in [9.17, 15) is 4.79 Å². The summed E-state index contributed by atoms with van der Waals surface area (Å²) in [6.07, 6.45) is 4.29. The van der Waals surface area contributed by atoms with Gasteiger partial charge < -0.3 is 20.1 Å². The number of fused-ring (bicyclic) bond motifs is 1. The van der Waals surface area contributed by atoms with Gasteiger partial charge in [0.05, 0.1) is 12.6 Å². The topological polar surface area (TPSA) is 120 Å². The molecule has 0 aromatic carbocycles. The molecule has 1 saturated heterocycles. The van der Waals surface area contributed by atoms with Crippen molar-refractivity contribution in [3.63, 3.8) is 0 Å². The van der Waals surface area contributed by atoms with Gasteiger partial charge in [0.2, 0.25) is 11.9 Å². The Kier molecular flexibility index (Phi) is 5.85. The lowest BCUT2D eigenvalue weighted by Gasteiger charge is -2.22. The fourth-order valence-corrected chi connectivity index (χ4v) is 3.96. The van der Waals surface area contributed by atoms with Crippen LogP contribution in [0.1, 0.15) is 45.9 Å². The zero-order valence-corrected chi connectivity index (χ0v) is 20.1. The molecule has 0 saturated carbocycles. The van der Waals surface area contributed by atoms with Crippen molar-refractivity contribution in [3.05, 3.63) is 48.4 Å². The molecule has 1 amide bonds. The molecular formula is C24H28N8O3. The number of nitrogens with one attached hydrogen (secondary N) is 2. The van der Waals surface area contributed by atoms with E-state index in [-0.39, 0.29) is 17.4 Å². The maximum Gasteiger partial charge on any atom is 0.248 e. The SMILES string of the molecule is CC(=O)Nc1cc(Oc2ccn3nc(Nc4cc(C(C)(C)C)n([C@H]5CCOC5)n4)nc3c2)ccn1. The van der Waals surface area contributed by atoms with E-state index in [1.807, 2.05) is 0 Å². The normalized spacial score (nSPS) is 15.9. The number of rotatable bonds is 6. The van der Waals surface area contributed by atoms with Crippen molar-refractivity contribution in [2.24, 2.45) is 0 Å². The van der Waals surface area contributed by atoms with Crippen molar-refractivity contribution in [2.75, 3.05) is 23.8 Å². The Bertz CT molecular complexity index is 1360. The first kappa shape index (κ1) is 22.8. The van der Waals surface area contributed by atoms with Gasteiger partial charge in [-0.15, -0.1) is 5.10 Å². The van der Waals surface area contributed by atoms with Crippen LogP contribution in [0.5, 0.6) is 11.5 Å². The lowest BCUT2D eigenvalue weighted by Crippen LogP contribution is -2.22. The summed E-state index contributed by atoms with van der Waals surface area (Å²) >= 11 is 0. The van der Waals surface area contributed by atoms with Crippen LogP contribution in [-0.4, -0.2) is 48.5 Å². The van der Waals surface area contributed by atoms with Gasteiger partial charge in [-0.25, -0.2) is 9.50 Å². The molecule has 1 atom stereocenters. The van der Waals surface area contributed by atoms with E-state index in [4.69, 9.17) is 14.6 Å². The second-order valence-electron chi connectivity index (χ2n) is 9.51. The van der Waals surface area contributed by atoms with E-state index in [2.05, 4.69) is 57.2 Å². The predicted octanol–water partition coefficient (Wildman–Crippen LogP) is 4.07. The number of hydrogen-bond donors (Lipinski definition) is 2. The van der Waals surface area contributed by atoms with Crippen LogP contribution in [0.3, 0.4) is 0 Å². The Labute approximate surface area is 202 Å². The molecule has 11 nitrogen and oxygen atoms in total. The highest BCUT2D eigenvalue weighted by Crippen LogP contribution is 2.31. The smallest absolute Gasteiger partial charge is 0.248 e. The maximum atomic E-state index is 11.3. The van der Waals surface area contributed by atoms with Gasteiger partial charge in [0.25, 0.3) is 0 Å². The van der Waals surface area contributed by atoms with Gasteiger partial charge >= 0.3 is 0 Å². The average Bonchev–Trinajstić information content (AvgIpc) is 3.52. The molecular weight excluding hydrogens is 448 g/mol. The van der Waals surface area contributed by atoms with Crippen molar-refractivity contribution in [1.82, 2.24) is 29.4 Å². The van der Waals surface area contributed by atoms with Gasteiger partial charge in [0.15, 0.2) is 11.5 Å². The first-order valence-electron chi connectivity index (χ1n) is 11.5. The van der Waals surface area contributed by atoms with Crippen molar-refractivity contribution in [2.45, 2.75) is 45.6 Å². The van der Waals surface area contributed by atoms with Crippen molar-refractivity contribution in [3.8, 4) is 11.5 Å². The molecule has 5 rings (SSSR count). The van der Waals surface area contributed by atoms with E-state index in [0.717, 1.165) is 18.7 Å². The molecule has 0 unspecified atom stereocenters. The van der Waals surface area contributed by atoms with Crippen molar-refractivity contribution < 1.29 is 14.3 Å². The van der Waals surface area contributed by atoms with Crippen LogP contribution in [0.15, 0.2) is 42.7 Å². The lowest BCUT2D eigenvalue weighted by atomic mass is 9.91. The van der Waals surface area contributed by atoms with Crippen LogP contribution in [-0.2, 0) is 14.9 Å². The number of hydrogen-bond acceptors (Lipinski definition) is 8. The lowest BCUT2D eigenvalue weighted by molar-refractivity contribution is -0.114. The number of anilines is 3. The second-order valence-corrected chi connectivity index (χ2v) is 9.51. The summed E-state index contributed by atoms with van der Waals surface area (Å²) in [4.78, 5) is 20.0. The van der Waals surface area contributed by atoms with Gasteiger partial charge in [-0.3, -0.25) is 9.48 Å². The number of nitrogens with zero attached hydrogens (tertiary/aromatic N) is 6. The van der Waals surface area contributed by atoms with Gasteiger partial charge in [-0.2, -0.15) is 10.1 Å². The highest BCUT2D eigenvalue weighted by atomic mass is 16.5. The Balaban J connectivity index is 1.36. The summed E-state index contributed by atoms with van der Waals surface area (Å²) in [5.41, 5.74) is 1.67. The van der Waals surface area contributed by atoms with E-state index in [0.29, 0.717) is 41.3 Å². The predicted molar refractivity (Wildman–Crippen MR) is 130 cm³/mol. The van der Waals surface area contributed by atoms with Crippen LogP contribution < -0.4 is 15.4 Å². The molecule has 1 fully saturated rings. The minimum atomic E-state index is -0.199. The molecule has 0 radical (unpaired) electrons. The number of amides is 1. The Hall–Kier alpha value is -3.99. The van der Waals surface area contributed by atoms with Crippen molar-refractivity contribution in [1.29, 1.82) is 0 Å². The highest BCUT2D eigenvalue weighted by Gasteiger charge is 2.28. The maximum absolute atomic E-state index is 11.3. The van der Waals surface area contributed by atoms with Crippen molar-refractivity contribution >= 4 is 29.1 Å². The number of pyridine rings is 2. The Morgan fingerprint density at radius 3 is 2.71 bits per heavy atom. The van der Waals surface area contributed by atoms with Crippen LogP contribution in [0, 0.1) is 0 Å². The molecule has 0 spiro atoms. The van der Waals surface area contributed by atoms with Crippen LogP contribution in [0.25, 0.3) is 5.65 Å². The van der Waals surface area contributed by atoms with Crippen LogP contribution in [0.2, 0.25) is 0 Å². The quantitative estimate of drug-likeness (QED) is 0.427. The van der Waals surface area contributed by atoms with Crippen LogP contribution in [0.4, 0.5) is 17.6 Å². The summed E-state index contributed by atoms with van der Waals surface area (Å²) in [6, 6.07) is 9.22. The number of aromatic nitrogens is 6. The zero-order valence-electron chi connectivity index (χ0n) is 20.1. The van der Waals surface area contributed by atoms with Gasteiger partial charge in [-0.05, 0) is 18.6 Å².